The standard InChI is InChI=1S/C11H16N4O2/c1-7-13-8(5-11(17)14-7)9-3-2-4-15(9)6-10(12)16/h5,9H,2-4,6H2,1H3,(H2,12,16)(H,13,14,17)/t9-/m1/s1. The lowest BCUT2D eigenvalue weighted by Gasteiger charge is -2.22. The molecule has 17 heavy (non-hydrogen) atoms. The first kappa shape index (κ1) is 11.8. The molecule has 0 saturated carbocycles. The minimum Gasteiger partial charge on any atom is -0.369 e. The normalized spacial score (nSPS) is 20.6. The number of nitrogens with zero attached hydrogens (tertiary/aromatic N) is 2. The van der Waals surface area contributed by atoms with E-state index in [0.29, 0.717) is 5.82 Å². The molecule has 1 saturated heterocycles. The van der Waals surface area contributed by atoms with E-state index in [0.717, 1.165) is 25.1 Å². The second kappa shape index (κ2) is 4.67. The summed E-state index contributed by atoms with van der Waals surface area (Å²) in [5.74, 6) is 0.247. The Morgan fingerprint density at radius 3 is 3.12 bits per heavy atom. The average molecular weight is 236 g/mol. The summed E-state index contributed by atoms with van der Waals surface area (Å²) in [7, 11) is 0. The molecule has 1 atom stereocenters. The Kier molecular flexibility index (Phi) is 3.23. The van der Waals surface area contributed by atoms with Crippen molar-refractivity contribution in [1.82, 2.24) is 14.9 Å². The Balaban J connectivity index is 2.25. The third kappa shape index (κ3) is 2.71. The van der Waals surface area contributed by atoms with Crippen molar-refractivity contribution >= 4 is 5.91 Å². The number of aromatic amines is 1. The molecule has 0 unspecified atom stereocenters. The number of nitrogens with one attached hydrogen (secondary N) is 1. The summed E-state index contributed by atoms with van der Waals surface area (Å²) in [6, 6.07) is 1.53. The highest BCUT2D eigenvalue weighted by Crippen LogP contribution is 2.29. The lowest BCUT2D eigenvalue weighted by atomic mass is 10.1. The van der Waals surface area contributed by atoms with Crippen LogP contribution in [0.15, 0.2) is 10.9 Å². The molecule has 2 rings (SSSR count). The van der Waals surface area contributed by atoms with Crippen LogP contribution < -0.4 is 11.3 Å². The number of nitrogens with two attached hydrogens (primary N) is 1. The molecule has 1 aliphatic rings. The maximum Gasteiger partial charge on any atom is 0.251 e. The van der Waals surface area contributed by atoms with Crippen LogP contribution in [0.5, 0.6) is 0 Å². The van der Waals surface area contributed by atoms with Crippen LogP contribution >= 0.6 is 0 Å². The van der Waals surface area contributed by atoms with Gasteiger partial charge in [-0.2, -0.15) is 0 Å². The molecule has 1 aromatic rings. The molecular formula is C11H16N4O2. The molecule has 1 aliphatic heterocycles. The zero-order chi connectivity index (χ0) is 12.4. The molecule has 0 aliphatic carbocycles. The van der Waals surface area contributed by atoms with E-state index < -0.39 is 0 Å². The van der Waals surface area contributed by atoms with Crippen LogP contribution in [0.2, 0.25) is 0 Å². The summed E-state index contributed by atoms with van der Waals surface area (Å²) < 4.78 is 0. The van der Waals surface area contributed by atoms with Gasteiger partial charge in [-0.15, -0.1) is 0 Å². The van der Waals surface area contributed by atoms with Crippen LogP contribution in [-0.4, -0.2) is 33.9 Å². The van der Waals surface area contributed by atoms with Gasteiger partial charge in [-0.05, 0) is 26.3 Å². The summed E-state index contributed by atoms with van der Waals surface area (Å²) in [5.41, 5.74) is 5.78. The molecule has 2 heterocycles. The van der Waals surface area contributed by atoms with Crippen molar-refractivity contribution < 1.29 is 4.79 Å². The minimum atomic E-state index is -0.349. The molecule has 3 N–H and O–H groups in total. The van der Waals surface area contributed by atoms with E-state index in [-0.39, 0.29) is 24.1 Å². The van der Waals surface area contributed by atoms with Crippen molar-refractivity contribution in [1.29, 1.82) is 0 Å². The number of rotatable bonds is 3. The fourth-order valence-corrected chi connectivity index (χ4v) is 2.32. The first-order valence-corrected chi connectivity index (χ1v) is 5.66. The molecule has 0 radical (unpaired) electrons. The Morgan fingerprint density at radius 1 is 1.71 bits per heavy atom. The minimum absolute atomic E-state index is 0.0310. The molecule has 1 aromatic heterocycles. The van der Waals surface area contributed by atoms with Gasteiger partial charge in [0, 0.05) is 6.07 Å². The molecular weight excluding hydrogens is 220 g/mol. The zero-order valence-electron chi connectivity index (χ0n) is 9.77. The second-order valence-electron chi connectivity index (χ2n) is 4.35. The number of primary amides is 1. The van der Waals surface area contributed by atoms with Gasteiger partial charge in [0.2, 0.25) is 5.91 Å². The molecule has 0 aromatic carbocycles. The Morgan fingerprint density at radius 2 is 2.47 bits per heavy atom. The fourth-order valence-electron chi connectivity index (χ4n) is 2.32. The van der Waals surface area contributed by atoms with E-state index in [1.54, 1.807) is 6.92 Å². The van der Waals surface area contributed by atoms with Crippen molar-refractivity contribution in [3.63, 3.8) is 0 Å². The SMILES string of the molecule is Cc1nc([C@H]2CCCN2CC(N)=O)cc(=O)[nH]1. The number of carbonyl (C=O) groups is 1. The van der Waals surface area contributed by atoms with Gasteiger partial charge in [-0.25, -0.2) is 4.98 Å². The van der Waals surface area contributed by atoms with Crippen molar-refractivity contribution in [2.24, 2.45) is 5.73 Å². The quantitative estimate of drug-likeness (QED) is 0.753. The van der Waals surface area contributed by atoms with Crippen molar-refractivity contribution in [2.45, 2.75) is 25.8 Å². The van der Waals surface area contributed by atoms with Crippen LogP contribution in [0.25, 0.3) is 0 Å². The fraction of sp³-hybridized carbons (Fsp3) is 0.545. The summed E-state index contributed by atoms with van der Waals surface area (Å²) in [6.45, 7) is 2.79. The summed E-state index contributed by atoms with van der Waals surface area (Å²) in [5, 5.41) is 0. The summed E-state index contributed by atoms with van der Waals surface area (Å²) in [6.07, 6.45) is 1.90. The molecule has 6 nitrogen and oxygen atoms in total. The predicted molar refractivity (Wildman–Crippen MR) is 62.3 cm³/mol. The lowest BCUT2D eigenvalue weighted by Crippen LogP contribution is -2.34. The third-order valence-corrected chi connectivity index (χ3v) is 2.94. The van der Waals surface area contributed by atoms with Gasteiger partial charge in [0.15, 0.2) is 0 Å². The second-order valence-corrected chi connectivity index (χ2v) is 4.35. The summed E-state index contributed by atoms with van der Waals surface area (Å²) >= 11 is 0. The number of likely N-dealkylation sites (tertiary alicyclic amines) is 1. The van der Waals surface area contributed by atoms with Gasteiger partial charge in [0.1, 0.15) is 5.82 Å². The van der Waals surface area contributed by atoms with E-state index in [4.69, 9.17) is 5.73 Å². The van der Waals surface area contributed by atoms with E-state index in [1.807, 2.05) is 4.90 Å². The summed E-state index contributed by atoms with van der Waals surface area (Å²) in [4.78, 5) is 31.3. The zero-order valence-corrected chi connectivity index (χ0v) is 9.77. The number of aromatic nitrogens is 2. The highest BCUT2D eigenvalue weighted by molar-refractivity contribution is 5.76. The van der Waals surface area contributed by atoms with Crippen LogP contribution in [0.3, 0.4) is 0 Å². The lowest BCUT2D eigenvalue weighted by molar-refractivity contribution is -0.119. The van der Waals surface area contributed by atoms with Crippen molar-refractivity contribution in [3.05, 3.63) is 27.9 Å². The number of amides is 1. The van der Waals surface area contributed by atoms with Crippen LogP contribution in [0.1, 0.15) is 30.4 Å². The van der Waals surface area contributed by atoms with E-state index in [9.17, 15) is 9.59 Å². The third-order valence-electron chi connectivity index (χ3n) is 2.94. The maximum atomic E-state index is 11.4. The Labute approximate surface area is 98.8 Å². The van der Waals surface area contributed by atoms with Gasteiger partial charge >= 0.3 is 0 Å². The molecule has 1 amide bonds. The monoisotopic (exact) mass is 236 g/mol. The van der Waals surface area contributed by atoms with Crippen LogP contribution in [-0.2, 0) is 4.79 Å². The van der Waals surface area contributed by atoms with Gasteiger partial charge in [-0.1, -0.05) is 0 Å². The first-order chi connectivity index (χ1) is 8.06. The topological polar surface area (TPSA) is 92.1 Å². The van der Waals surface area contributed by atoms with Gasteiger partial charge < -0.3 is 10.7 Å². The Hall–Kier alpha value is -1.69. The van der Waals surface area contributed by atoms with Gasteiger partial charge in [0.25, 0.3) is 5.56 Å². The largest absolute Gasteiger partial charge is 0.369 e. The van der Waals surface area contributed by atoms with Crippen LogP contribution in [0.4, 0.5) is 0 Å². The van der Waals surface area contributed by atoms with E-state index in [2.05, 4.69) is 9.97 Å². The van der Waals surface area contributed by atoms with Crippen molar-refractivity contribution in [3.8, 4) is 0 Å². The molecule has 6 heteroatoms. The smallest absolute Gasteiger partial charge is 0.251 e. The highest BCUT2D eigenvalue weighted by atomic mass is 16.1. The number of aryl methyl sites for hydroxylation is 1. The van der Waals surface area contributed by atoms with Gasteiger partial charge in [0.05, 0.1) is 18.3 Å². The predicted octanol–water partition coefficient (Wildman–Crippen LogP) is -0.299. The van der Waals surface area contributed by atoms with Crippen molar-refractivity contribution in [2.75, 3.05) is 13.1 Å². The van der Waals surface area contributed by atoms with Crippen LogP contribution in [0, 0.1) is 6.92 Å². The van der Waals surface area contributed by atoms with Gasteiger partial charge in [-0.3, -0.25) is 14.5 Å². The van der Waals surface area contributed by atoms with E-state index in [1.165, 1.54) is 6.07 Å². The van der Waals surface area contributed by atoms with E-state index >= 15 is 0 Å². The molecule has 0 spiro atoms. The molecule has 1 fully saturated rings. The maximum absolute atomic E-state index is 11.4. The Bertz CT molecular complexity index is 483. The average Bonchev–Trinajstić information content (AvgIpc) is 2.63. The first-order valence-electron chi connectivity index (χ1n) is 5.66. The highest BCUT2D eigenvalue weighted by Gasteiger charge is 2.28. The molecule has 92 valence electrons. The number of hydrogen-bond acceptors (Lipinski definition) is 4. The number of carbonyl (C=O) groups excluding carboxylic acids is 1. The number of hydrogen-bond donors (Lipinski definition) is 2. The number of H-pyrrole nitrogens is 1. The molecule has 0 bridgehead atoms.